The highest BCUT2D eigenvalue weighted by molar-refractivity contribution is 5.85. The maximum atomic E-state index is 5.89. The van der Waals surface area contributed by atoms with Crippen molar-refractivity contribution in [2.75, 3.05) is 5.73 Å². The van der Waals surface area contributed by atoms with Crippen molar-refractivity contribution in [2.45, 2.75) is 0 Å². The van der Waals surface area contributed by atoms with E-state index in [1.807, 2.05) is 12.1 Å². The van der Waals surface area contributed by atoms with Crippen LogP contribution in [0.3, 0.4) is 0 Å². The molecule has 88 valence electrons. The van der Waals surface area contributed by atoms with Crippen molar-refractivity contribution >= 4 is 5.82 Å². The van der Waals surface area contributed by atoms with Crippen molar-refractivity contribution in [1.29, 1.82) is 0 Å². The Balaban J connectivity index is 2.19. The molecule has 0 saturated heterocycles. The summed E-state index contributed by atoms with van der Waals surface area (Å²) in [4.78, 5) is 12.5. The van der Waals surface area contributed by atoms with Crippen LogP contribution >= 0.6 is 0 Å². The average molecular weight is 238 g/mol. The van der Waals surface area contributed by atoms with Gasteiger partial charge in [-0.15, -0.1) is 0 Å². The van der Waals surface area contributed by atoms with Crippen LogP contribution in [0.2, 0.25) is 0 Å². The van der Waals surface area contributed by atoms with Crippen LogP contribution in [0.25, 0.3) is 22.6 Å². The SMILES string of the molecule is Nc1n[nH]c(-c2ncccn2)c1-c1cccnc1. The number of aromatic amines is 1. The third-order valence-corrected chi connectivity index (χ3v) is 2.53. The largest absolute Gasteiger partial charge is 0.382 e. The summed E-state index contributed by atoms with van der Waals surface area (Å²) < 4.78 is 0. The molecule has 3 heterocycles. The molecule has 0 spiro atoms. The van der Waals surface area contributed by atoms with E-state index >= 15 is 0 Å². The molecule has 0 aliphatic heterocycles. The zero-order chi connectivity index (χ0) is 12.4. The van der Waals surface area contributed by atoms with E-state index in [1.165, 1.54) is 0 Å². The first-order valence-electron chi connectivity index (χ1n) is 5.38. The third-order valence-electron chi connectivity index (χ3n) is 2.53. The molecule has 0 unspecified atom stereocenters. The molecule has 6 nitrogen and oxygen atoms in total. The summed E-state index contributed by atoms with van der Waals surface area (Å²) in [6.45, 7) is 0. The molecule has 0 aromatic carbocycles. The lowest BCUT2D eigenvalue weighted by molar-refractivity contribution is 1.07. The summed E-state index contributed by atoms with van der Waals surface area (Å²) in [7, 11) is 0. The third kappa shape index (κ3) is 1.69. The molecule has 0 radical (unpaired) electrons. The van der Waals surface area contributed by atoms with Crippen LogP contribution in [0.15, 0.2) is 43.0 Å². The van der Waals surface area contributed by atoms with E-state index in [4.69, 9.17) is 5.73 Å². The maximum absolute atomic E-state index is 5.89. The molecule has 0 amide bonds. The van der Waals surface area contributed by atoms with Crippen LogP contribution in [0.4, 0.5) is 5.82 Å². The molecule has 3 aromatic heterocycles. The van der Waals surface area contributed by atoms with Crippen molar-refractivity contribution < 1.29 is 0 Å². The van der Waals surface area contributed by atoms with Gasteiger partial charge in [-0.3, -0.25) is 10.1 Å². The lowest BCUT2D eigenvalue weighted by Crippen LogP contribution is -1.91. The lowest BCUT2D eigenvalue weighted by Gasteiger charge is -2.02. The number of H-pyrrole nitrogens is 1. The number of nitrogens with two attached hydrogens (primary N) is 1. The van der Waals surface area contributed by atoms with Crippen molar-refractivity contribution in [3.8, 4) is 22.6 Å². The van der Waals surface area contributed by atoms with Crippen molar-refractivity contribution in [3.63, 3.8) is 0 Å². The minimum absolute atomic E-state index is 0.408. The van der Waals surface area contributed by atoms with Gasteiger partial charge in [0.15, 0.2) is 11.6 Å². The monoisotopic (exact) mass is 238 g/mol. The summed E-state index contributed by atoms with van der Waals surface area (Å²) in [5.41, 5.74) is 8.23. The molecule has 0 atom stereocenters. The number of pyridine rings is 1. The van der Waals surface area contributed by atoms with Gasteiger partial charge in [0.1, 0.15) is 5.69 Å². The van der Waals surface area contributed by atoms with Gasteiger partial charge in [-0.2, -0.15) is 5.10 Å². The Kier molecular flexibility index (Phi) is 2.45. The minimum Gasteiger partial charge on any atom is -0.382 e. The van der Waals surface area contributed by atoms with E-state index in [1.54, 1.807) is 30.9 Å². The Morgan fingerprint density at radius 3 is 2.61 bits per heavy atom. The molecule has 3 N–H and O–H groups in total. The molecule has 6 heteroatoms. The predicted octanol–water partition coefficient (Wildman–Crippen LogP) is 1.51. The summed E-state index contributed by atoms with van der Waals surface area (Å²) in [5, 5.41) is 6.88. The van der Waals surface area contributed by atoms with E-state index in [0.29, 0.717) is 17.3 Å². The summed E-state index contributed by atoms with van der Waals surface area (Å²) in [5.74, 6) is 0.964. The first kappa shape index (κ1) is 10.4. The number of hydrogen-bond acceptors (Lipinski definition) is 5. The number of nitrogen functional groups attached to an aromatic ring is 1. The topological polar surface area (TPSA) is 93.4 Å². The van der Waals surface area contributed by atoms with Gasteiger partial charge < -0.3 is 5.73 Å². The fourth-order valence-electron chi connectivity index (χ4n) is 1.75. The number of anilines is 1. The van der Waals surface area contributed by atoms with E-state index in [-0.39, 0.29) is 0 Å². The highest BCUT2D eigenvalue weighted by atomic mass is 15.2. The van der Waals surface area contributed by atoms with Gasteiger partial charge in [0.25, 0.3) is 0 Å². The molecule has 3 rings (SSSR count). The number of hydrogen-bond donors (Lipinski definition) is 2. The number of nitrogens with one attached hydrogen (secondary N) is 1. The van der Waals surface area contributed by atoms with Crippen LogP contribution in [-0.4, -0.2) is 25.1 Å². The first-order chi connectivity index (χ1) is 8.86. The van der Waals surface area contributed by atoms with Gasteiger partial charge >= 0.3 is 0 Å². The number of nitrogens with zero attached hydrogens (tertiary/aromatic N) is 4. The average Bonchev–Trinajstić information content (AvgIpc) is 2.83. The van der Waals surface area contributed by atoms with Crippen molar-refractivity contribution in [1.82, 2.24) is 25.1 Å². The predicted molar refractivity (Wildman–Crippen MR) is 67.3 cm³/mol. The number of aromatic nitrogens is 5. The smallest absolute Gasteiger partial charge is 0.178 e. The van der Waals surface area contributed by atoms with Crippen LogP contribution in [0, 0.1) is 0 Å². The molecular weight excluding hydrogens is 228 g/mol. The van der Waals surface area contributed by atoms with Crippen molar-refractivity contribution in [3.05, 3.63) is 43.0 Å². The van der Waals surface area contributed by atoms with Crippen LogP contribution in [0.5, 0.6) is 0 Å². The lowest BCUT2D eigenvalue weighted by atomic mass is 10.1. The second-order valence-electron chi connectivity index (χ2n) is 3.67. The molecule has 0 aliphatic carbocycles. The van der Waals surface area contributed by atoms with Gasteiger partial charge in [0, 0.05) is 30.4 Å². The molecule has 0 aliphatic rings. The van der Waals surface area contributed by atoms with Gasteiger partial charge in [0.2, 0.25) is 0 Å². The summed E-state index contributed by atoms with van der Waals surface area (Å²) >= 11 is 0. The van der Waals surface area contributed by atoms with E-state index in [2.05, 4.69) is 25.1 Å². The number of rotatable bonds is 2. The minimum atomic E-state index is 0.408. The second kappa shape index (κ2) is 4.25. The van der Waals surface area contributed by atoms with Gasteiger partial charge in [-0.25, -0.2) is 9.97 Å². The zero-order valence-electron chi connectivity index (χ0n) is 9.41. The van der Waals surface area contributed by atoms with Crippen LogP contribution in [0.1, 0.15) is 0 Å². The Hall–Kier alpha value is -2.76. The summed E-state index contributed by atoms with van der Waals surface area (Å²) in [6, 6.07) is 5.52. The molecule has 0 fully saturated rings. The first-order valence-corrected chi connectivity index (χ1v) is 5.38. The standard InChI is InChI=1S/C12H10N6/c13-11-9(8-3-1-4-14-7-8)10(17-18-11)12-15-5-2-6-16-12/h1-7H,(H3,13,17,18). The Morgan fingerprint density at radius 2 is 1.89 bits per heavy atom. The van der Waals surface area contributed by atoms with Gasteiger partial charge in [0.05, 0.1) is 5.56 Å². The fraction of sp³-hybridized carbons (Fsp3) is 0. The van der Waals surface area contributed by atoms with Gasteiger partial charge in [-0.05, 0) is 12.1 Å². The maximum Gasteiger partial charge on any atom is 0.178 e. The molecule has 0 saturated carbocycles. The second-order valence-corrected chi connectivity index (χ2v) is 3.67. The van der Waals surface area contributed by atoms with E-state index in [9.17, 15) is 0 Å². The highest BCUT2D eigenvalue weighted by Gasteiger charge is 2.16. The van der Waals surface area contributed by atoms with Crippen molar-refractivity contribution in [2.24, 2.45) is 0 Å². The van der Waals surface area contributed by atoms with Crippen LogP contribution in [-0.2, 0) is 0 Å². The highest BCUT2D eigenvalue weighted by Crippen LogP contribution is 2.31. The Labute approximate surface area is 103 Å². The Bertz CT molecular complexity index is 647. The zero-order valence-corrected chi connectivity index (χ0v) is 9.41. The summed E-state index contributed by atoms with van der Waals surface area (Å²) in [6.07, 6.45) is 6.78. The fourth-order valence-corrected chi connectivity index (χ4v) is 1.75. The molecular formula is C12H10N6. The van der Waals surface area contributed by atoms with E-state index < -0.39 is 0 Å². The van der Waals surface area contributed by atoms with Crippen LogP contribution < -0.4 is 5.73 Å². The quantitative estimate of drug-likeness (QED) is 0.705. The van der Waals surface area contributed by atoms with Gasteiger partial charge in [-0.1, -0.05) is 6.07 Å². The normalized spacial score (nSPS) is 10.4. The Morgan fingerprint density at radius 1 is 1.06 bits per heavy atom. The molecule has 0 bridgehead atoms. The molecule has 18 heavy (non-hydrogen) atoms. The molecule has 3 aromatic rings. The van der Waals surface area contributed by atoms with E-state index in [0.717, 1.165) is 11.1 Å².